The summed E-state index contributed by atoms with van der Waals surface area (Å²) in [5.74, 6) is -4.08. The molecule has 4 N–H and O–H groups in total. The summed E-state index contributed by atoms with van der Waals surface area (Å²) < 4.78 is 42.5. The Balaban J connectivity index is 1.77. The molecule has 1 saturated heterocycles. The van der Waals surface area contributed by atoms with Crippen LogP contribution in [0.4, 0.5) is 10.8 Å². The minimum atomic E-state index is -5.04. The molecule has 0 spiro atoms. The number of nitrogens with two attached hydrogens (primary N) is 1. The van der Waals surface area contributed by atoms with Crippen molar-refractivity contribution in [3.8, 4) is 0 Å². The number of nitrogens with one attached hydrogen (secondary N) is 1. The van der Waals surface area contributed by atoms with Gasteiger partial charge in [-0.2, -0.15) is 8.42 Å². The van der Waals surface area contributed by atoms with Gasteiger partial charge in [-0.1, -0.05) is 5.16 Å². The molecule has 42 heavy (non-hydrogen) atoms. The zero-order valence-electron chi connectivity index (χ0n) is 22.1. The van der Waals surface area contributed by atoms with Gasteiger partial charge in [0.25, 0.3) is 17.5 Å². The van der Waals surface area contributed by atoms with Gasteiger partial charge in [-0.3, -0.25) is 29.1 Å². The first-order chi connectivity index (χ1) is 19.5. The fraction of sp³-hybridized carbons (Fsp3) is 0.364. The summed E-state index contributed by atoms with van der Waals surface area (Å²) in [7, 11) is -5.04. The first-order valence-electron chi connectivity index (χ1n) is 11.6. The second-order valence-electron chi connectivity index (χ2n) is 9.05. The number of rotatable bonds is 12. The Labute approximate surface area is 241 Å². The number of aromatic nitrogens is 1. The molecular weight excluding hydrogens is 604 g/mol. The third-order valence-corrected chi connectivity index (χ3v) is 7.14. The van der Waals surface area contributed by atoms with E-state index in [1.165, 1.54) is 43.5 Å². The van der Waals surface area contributed by atoms with Crippen molar-refractivity contribution in [2.75, 3.05) is 12.3 Å². The Morgan fingerprint density at radius 3 is 2.43 bits per heavy atom. The molecular formula is C22H24N6O12S2. The minimum absolute atomic E-state index is 0.0253. The first kappa shape index (κ1) is 31.8. The van der Waals surface area contributed by atoms with E-state index in [1.54, 1.807) is 0 Å². The highest BCUT2D eigenvalue weighted by molar-refractivity contribution is 7.84. The first-order valence-corrected chi connectivity index (χ1v) is 13.9. The second kappa shape index (κ2) is 12.4. The third kappa shape index (κ3) is 7.53. The lowest BCUT2D eigenvalue weighted by Crippen LogP contribution is -2.73. The molecule has 0 bridgehead atoms. The second-order valence-corrected chi connectivity index (χ2v) is 11.2. The summed E-state index contributed by atoms with van der Waals surface area (Å²) in [6, 6.07) is 2.21. The summed E-state index contributed by atoms with van der Waals surface area (Å²) in [4.78, 5) is 68.9. The van der Waals surface area contributed by atoms with Crippen LogP contribution >= 0.6 is 11.3 Å². The Morgan fingerprint density at radius 2 is 1.90 bits per heavy atom. The number of thiazole rings is 1. The average molecular weight is 629 g/mol. The predicted molar refractivity (Wildman–Crippen MR) is 142 cm³/mol. The molecule has 2 atom stereocenters. The molecule has 1 fully saturated rings. The van der Waals surface area contributed by atoms with Crippen molar-refractivity contribution in [2.24, 2.45) is 5.16 Å². The Morgan fingerprint density at radius 1 is 1.26 bits per heavy atom. The van der Waals surface area contributed by atoms with Gasteiger partial charge in [-0.15, -0.1) is 11.3 Å². The molecule has 1 aliphatic heterocycles. The molecule has 18 nitrogen and oxygen atoms in total. The summed E-state index contributed by atoms with van der Waals surface area (Å²) in [6.07, 6.45) is 0. The standard InChI is InChI=1S/C22H24N6O12S2/c1-11(29)38-9-15-17(19(31)27(15)42(35,36)37)25-18(30)16(14-10-41-21(23)24-14)26-40-22(2,3)20(32)39-8-12-4-6-13(7-5-12)28(33)34/h4-7,10,15,17H,8-9H2,1-3H3,(H2,23,24)(H,25,30)(H,35,36,37). The van der Waals surface area contributed by atoms with Crippen molar-refractivity contribution in [1.29, 1.82) is 0 Å². The maximum Gasteiger partial charge on any atom is 0.362 e. The number of oxime groups is 1. The molecule has 2 aromatic rings. The van der Waals surface area contributed by atoms with Gasteiger partial charge in [0.15, 0.2) is 10.8 Å². The van der Waals surface area contributed by atoms with E-state index in [2.05, 4.69) is 15.5 Å². The zero-order chi connectivity index (χ0) is 31.4. The summed E-state index contributed by atoms with van der Waals surface area (Å²) in [5, 5.41) is 18.1. The van der Waals surface area contributed by atoms with Gasteiger partial charge in [0.05, 0.1) is 4.92 Å². The van der Waals surface area contributed by atoms with Crippen molar-refractivity contribution in [1.82, 2.24) is 14.6 Å². The number of carbonyl (C=O) groups excluding carboxylic acids is 4. The number of benzene rings is 1. The lowest BCUT2D eigenvalue weighted by Gasteiger charge is -2.43. The maximum atomic E-state index is 13.2. The smallest absolute Gasteiger partial charge is 0.362 e. The van der Waals surface area contributed by atoms with Crippen LogP contribution < -0.4 is 11.1 Å². The lowest BCUT2D eigenvalue weighted by atomic mass is 9.99. The number of nitrogen functional groups attached to an aromatic ring is 1. The monoisotopic (exact) mass is 628 g/mol. The van der Waals surface area contributed by atoms with Crippen LogP contribution in [0.3, 0.4) is 0 Å². The predicted octanol–water partition coefficient (Wildman–Crippen LogP) is -0.0623. The number of hydrogen-bond donors (Lipinski definition) is 3. The fourth-order valence-corrected chi connectivity index (χ4v) is 4.79. The van der Waals surface area contributed by atoms with Crippen molar-refractivity contribution < 1.29 is 51.4 Å². The van der Waals surface area contributed by atoms with Gasteiger partial charge in [0.2, 0.25) is 5.60 Å². The summed E-state index contributed by atoms with van der Waals surface area (Å²) >= 11 is 0.925. The molecule has 20 heteroatoms. The number of amides is 2. The molecule has 0 saturated carbocycles. The number of β-lactam (4-membered cyclic amide) rings is 1. The minimum Gasteiger partial charge on any atom is -0.464 e. The largest absolute Gasteiger partial charge is 0.464 e. The van der Waals surface area contributed by atoms with Gasteiger partial charge < -0.3 is 25.4 Å². The molecule has 226 valence electrons. The number of esters is 2. The number of nitro groups is 1. The highest BCUT2D eigenvalue weighted by atomic mass is 32.2. The van der Waals surface area contributed by atoms with Crippen LogP contribution in [0.5, 0.6) is 0 Å². The molecule has 2 amide bonds. The molecule has 0 radical (unpaired) electrons. The summed E-state index contributed by atoms with van der Waals surface area (Å²) in [5.41, 5.74) is 3.46. The van der Waals surface area contributed by atoms with E-state index >= 15 is 0 Å². The third-order valence-electron chi connectivity index (χ3n) is 5.52. The molecule has 2 heterocycles. The van der Waals surface area contributed by atoms with E-state index in [0.717, 1.165) is 18.3 Å². The van der Waals surface area contributed by atoms with Gasteiger partial charge in [-0.05, 0) is 31.5 Å². The Kier molecular flexibility index (Phi) is 9.43. The number of non-ortho nitro benzene ring substituents is 1. The number of anilines is 1. The quantitative estimate of drug-likeness (QED) is 0.0694. The van der Waals surface area contributed by atoms with Crippen molar-refractivity contribution in [3.05, 3.63) is 51.0 Å². The van der Waals surface area contributed by atoms with Crippen LogP contribution in [0.25, 0.3) is 0 Å². The number of nitro benzene ring substituents is 1. The maximum absolute atomic E-state index is 13.2. The van der Waals surface area contributed by atoms with E-state index in [9.17, 15) is 42.3 Å². The highest BCUT2D eigenvalue weighted by Gasteiger charge is 2.55. The number of nitrogens with zero attached hydrogens (tertiary/aromatic N) is 4. The average Bonchev–Trinajstić information content (AvgIpc) is 3.32. The topological polar surface area (TPSA) is 260 Å². The fourth-order valence-electron chi connectivity index (χ4n) is 3.37. The molecule has 2 unspecified atom stereocenters. The van der Waals surface area contributed by atoms with Crippen molar-refractivity contribution >= 4 is 61.9 Å². The van der Waals surface area contributed by atoms with Crippen LogP contribution in [0.15, 0.2) is 34.8 Å². The highest BCUT2D eigenvalue weighted by Crippen LogP contribution is 2.25. The number of carbonyl (C=O) groups is 4. The van der Waals surface area contributed by atoms with E-state index in [1.807, 2.05) is 0 Å². The SMILES string of the molecule is CC(=O)OCC1C(NC(=O)C(=NOC(C)(C)C(=O)OCc2ccc([N+](=O)[O-])cc2)c2csc(N)n2)C(=O)N1S(=O)(=O)O. The van der Waals surface area contributed by atoms with Crippen LogP contribution in [0.2, 0.25) is 0 Å². The Bertz CT molecular complexity index is 1540. The van der Waals surface area contributed by atoms with Crippen LogP contribution in [0, 0.1) is 10.1 Å². The van der Waals surface area contributed by atoms with Gasteiger partial charge in [-0.25, -0.2) is 14.1 Å². The molecule has 1 aromatic carbocycles. The van der Waals surface area contributed by atoms with Crippen molar-refractivity contribution in [3.63, 3.8) is 0 Å². The number of ether oxygens (including phenoxy) is 2. The summed E-state index contributed by atoms with van der Waals surface area (Å²) in [6.45, 7) is 2.63. The van der Waals surface area contributed by atoms with E-state index in [4.69, 9.17) is 20.0 Å². The zero-order valence-corrected chi connectivity index (χ0v) is 23.7. The van der Waals surface area contributed by atoms with E-state index in [0.29, 0.717) is 5.56 Å². The van der Waals surface area contributed by atoms with Gasteiger partial charge in [0.1, 0.15) is 31.0 Å². The molecule has 1 aliphatic rings. The normalized spacial score (nSPS) is 17.2. The molecule has 0 aliphatic carbocycles. The van der Waals surface area contributed by atoms with E-state index < -0.39 is 69.0 Å². The van der Waals surface area contributed by atoms with Crippen molar-refractivity contribution in [2.45, 2.75) is 45.1 Å². The van der Waals surface area contributed by atoms with Crippen LogP contribution in [0.1, 0.15) is 32.0 Å². The van der Waals surface area contributed by atoms with Gasteiger partial charge >= 0.3 is 22.2 Å². The van der Waals surface area contributed by atoms with Crippen LogP contribution in [-0.4, -0.2) is 80.9 Å². The lowest BCUT2D eigenvalue weighted by molar-refractivity contribution is -0.384. The molecule has 3 rings (SSSR count). The van der Waals surface area contributed by atoms with Crippen LogP contribution in [-0.2, 0) is 50.4 Å². The molecule has 1 aromatic heterocycles. The van der Waals surface area contributed by atoms with Gasteiger partial charge in [0, 0.05) is 24.4 Å². The Hall–Kier alpha value is -4.69. The van der Waals surface area contributed by atoms with E-state index in [-0.39, 0.29) is 27.4 Å². The number of hydrogen-bond acceptors (Lipinski definition) is 15.